The fourth-order valence-corrected chi connectivity index (χ4v) is 1.76. The minimum absolute atomic E-state index is 0.0534. The zero-order chi connectivity index (χ0) is 15.2. The summed E-state index contributed by atoms with van der Waals surface area (Å²) in [5.41, 5.74) is -0.281. The average molecular weight is 287 g/mol. The van der Waals surface area contributed by atoms with Gasteiger partial charge in [-0.3, -0.25) is 9.59 Å². The molecule has 21 heavy (non-hydrogen) atoms. The number of pyridine rings is 2. The molecule has 0 aromatic carbocycles. The van der Waals surface area contributed by atoms with Crippen molar-refractivity contribution in [3.8, 4) is 0 Å². The molecule has 2 heterocycles. The van der Waals surface area contributed by atoms with Crippen LogP contribution >= 0.6 is 0 Å². The second-order valence-electron chi connectivity index (χ2n) is 4.24. The normalized spacial score (nSPS) is 10.1. The number of anilines is 1. The van der Waals surface area contributed by atoms with E-state index >= 15 is 0 Å². The number of carboxylic acid groups (broad SMARTS) is 1. The third-order valence-electron chi connectivity index (χ3n) is 2.76. The molecule has 2 aromatic rings. The summed E-state index contributed by atoms with van der Waals surface area (Å²) in [6, 6.07) is 7.71. The van der Waals surface area contributed by atoms with Crippen LogP contribution in [0.4, 0.5) is 5.69 Å². The Morgan fingerprint density at radius 3 is 2.76 bits per heavy atom. The van der Waals surface area contributed by atoms with E-state index in [1.54, 1.807) is 18.3 Å². The molecule has 7 heteroatoms. The quantitative estimate of drug-likeness (QED) is 0.853. The average Bonchev–Trinajstić information content (AvgIpc) is 2.47. The number of aromatic nitrogens is 2. The lowest BCUT2D eigenvalue weighted by molar-refractivity contribution is -0.116. The molecular weight excluding hydrogens is 274 g/mol. The second-order valence-corrected chi connectivity index (χ2v) is 4.24. The molecule has 2 N–H and O–H groups in total. The largest absolute Gasteiger partial charge is 0.476 e. The molecule has 0 aliphatic heterocycles. The molecule has 0 saturated carbocycles. The molecule has 108 valence electrons. The van der Waals surface area contributed by atoms with Crippen LogP contribution < -0.4 is 10.9 Å². The molecule has 7 nitrogen and oxygen atoms in total. The molecule has 2 rings (SSSR count). The lowest BCUT2D eigenvalue weighted by Crippen LogP contribution is -2.22. The van der Waals surface area contributed by atoms with Crippen molar-refractivity contribution in [1.82, 2.24) is 9.55 Å². The lowest BCUT2D eigenvalue weighted by Gasteiger charge is -2.08. The highest BCUT2D eigenvalue weighted by atomic mass is 16.4. The zero-order valence-electron chi connectivity index (χ0n) is 11.0. The van der Waals surface area contributed by atoms with Crippen LogP contribution in [0.15, 0.2) is 47.5 Å². The van der Waals surface area contributed by atoms with Crippen molar-refractivity contribution in [2.45, 2.75) is 13.0 Å². The smallest absolute Gasteiger partial charge is 0.356 e. The Morgan fingerprint density at radius 1 is 1.24 bits per heavy atom. The van der Waals surface area contributed by atoms with Crippen molar-refractivity contribution in [1.29, 1.82) is 0 Å². The Labute approximate surface area is 119 Å². The van der Waals surface area contributed by atoms with Crippen LogP contribution in [0.1, 0.15) is 16.9 Å². The first-order chi connectivity index (χ1) is 10.1. The highest BCUT2D eigenvalue weighted by molar-refractivity contribution is 5.98. The first kappa shape index (κ1) is 14.4. The number of aromatic carboxylic acids is 1. The van der Waals surface area contributed by atoms with Gasteiger partial charge in [0.05, 0.1) is 5.69 Å². The molecule has 0 aliphatic carbocycles. The van der Waals surface area contributed by atoms with Crippen LogP contribution in [0.5, 0.6) is 0 Å². The van der Waals surface area contributed by atoms with Gasteiger partial charge in [-0.2, -0.15) is 0 Å². The van der Waals surface area contributed by atoms with Crippen LogP contribution in [0.2, 0.25) is 0 Å². The van der Waals surface area contributed by atoms with Gasteiger partial charge >= 0.3 is 5.97 Å². The molecule has 0 spiro atoms. The van der Waals surface area contributed by atoms with E-state index in [0.717, 1.165) is 0 Å². The third kappa shape index (κ3) is 3.75. The molecule has 0 aliphatic rings. The van der Waals surface area contributed by atoms with Gasteiger partial charge in [0.15, 0.2) is 5.69 Å². The number of hydrogen-bond acceptors (Lipinski definition) is 4. The van der Waals surface area contributed by atoms with Crippen molar-refractivity contribution in [2.75, 3.05) is 5.32 Å². The molecule has 0 saturated heterocycles. The molecular formula is C14H13N3O4. The van der Waals surface area contributed by atoms with Crippen molar-refractivity contribution in [3.05, 3.63) is 58.8 Å². The van der Waals surface area contributed by atoms with E-state index in [2.05, 4.69) is 10.3 Å². The summed E-state index contributed by atoms with van der Waals surface area (Å²) in [4.78, 5) is 38.0. The van der Waals surface area contributed by atoms with Gasteiger partial charge < -0.3 is 15.0 Å². The van der Waals surface area contributed by atoms with E-state index in [9.17, 15) is 14.4 Å². The summed E-state index contributed by atoms with van der Waals surface area (Å²) >= 11 is 0. The number of carboxylic acids is 1. The van der Waals surface area contributed by atoms with Crippen LogP contribution in [-0.2, 0) is 11.3 Å². The van der Waals surface area contributed by atoms with Crippen LogP contribution in [0, 0.1) is 0 Å². The Balaban J connectivity index is 2.01. The van der Waals surface area contributed by atoms with E-state index in [1.807, 2.05) is 0 Å². The minimum Gasteiger partial charge on any atom is -0.476 e. The van der Waals surface area contributed by atoms with Gasteiger partial charge in [0, 0.05) is 31.4 Å². The summed E-state index contributed by atoms with van der Waals surface area (Å²) in [6.07, 6.45) is 2.98. The standard InChI is InChI=1S/C14H13N3O4/c18-11(6-9-17-8-2-1-5-12(17)19)16-10-4-3-7-15-13(10)14(20)21/h1-5,7-8H,6,9H2,(H,16,18)(H,20,21). The first-order valence-electron chi connectivity index (χ1n) is 6.21. The molecule has 1 amide bonds. The maximum atomic E-state index is 11.8. The fourth-order valence-electron chi connectivity index (χ4n) is 1.76. The maximum Gasteiger partial charge on any atom is 0.356 e. The highest BCUT2D eigenvalue weighted by Gasteiger charge is 2.13. The number of amides is 1. The Morgan fingerprint density at radius 2 is 2.05 bits per heavy atom. The van der Waals surface area contributed by atoms with Gasteiger partial charge in [-0.1, -0.05) is 6.07 Å². The number of nitrogens with one attached hydrogen (secondary N) is 1. The van der Waals surface area contributed by atoms with Crippen LogP contribution in [0.3, 0.4) is 0 Å². The monoisotopic (exact) mass is 287 g/mol. The predicted octanol–water partition coefficient (Wildman–Crippen LogP) is 0.970. The summed E-state index contributed by atoms with van der Waals surface area (Å²) in [5.74, 6) is -1.61. The van der Waals surface area contributed by atoms with Gasteiger partial charge in [-0.25, -0.2) is 9.78 Å². The lowest BCUT2D eigenvalue weighted by atomic mass is 10.2. The number of rotatable bonds is 5. The topological polar surface area (TPSA) is 101 Å². The summed E-state index contributed by atoms with van der Waals surface area (Å²) in [5, 5.41) is 11.4. The van der Waals surface area contributed by atoms with Gasteiger partial charge in [0.25, 0.3) is 5.56 Å². The van der Waals surface area contributed by atoms with Crippen molar-refractivity contribution < 1.29 is 14.7 Å². The summed E-state index contributed by atoms with van der Waals surface area (Å²) < 4.78 is 1.40. The highest BCUT2D eigenvalue weighted by Crippen LogP contribution is 2.12. The predicted molar refractivity (Wildman–Crippen MR) is 75.1 cm³/mol. The molecule has 2 aromatic heterocycles. The number of hydrogen-bond donors (Lipinski definition) is 2. The van der Waals surface area contributed by atoms with Gasteiger partial charge in [-0.15, -0.1) is 0 Å². The van der Waals surface area contributed by atoms with E-state index < -0.39 is 5.97 Å². The van der Waals surface area contributed by atoms with Crippen molar-refractivity contribution >= 4 is 17.6 Å². The second kappa shape index (κ2) is 6.47. The van der Waals surface area contributed by atoms with Crippen LogP contribution in [-0.4, -0.2) is 26.5 Å². The zero-order valence-corrected chi connectivity index (χ0v) is 11.0. The van der Waals surface area contributed by atoms with Crippen molar-refractivity contribution in [2.24, 2.45) is 0 Å². The Kier molecular flexibility index (Phi) is 4.45. The summed E-state index contributed by atoms with van der Waals surface area (Å²) in [6.45, 7) is 0.216. The number of aryl methyl sites for hydroxylation is 1. The maximum absolute atomic E-state index is 11.8. The number of carbonyl (C=O) groups excluding carboxylic acids is 1. The molecule has 0 atom stereocenters. The van der Waals surface area contributed by atoms with Gasteiger partial charge in [-0.05, 0) is 18.2 Å². The fraction of sp³-hybridized carbons (Fsp3) is 0.143. The molecule has 0 bridgehead atoms. The number of carbonyl (C=O) groups is 2. The van der Waals surface area contributed by atoms with Gasteiger partial charge in [0.2, 0.25) is 5.91 Å². The van der Waals surface area contributed by atoms with Crippen LogP contribution in [0.25, 0.3) is 0 Å². The van der Waals surface area contributed by atoms with Crippen molar-refractivity contribution in [3.63, 3.8) is 0 Å². The molecule has 0 fully saturated rings. The summed E-state index contributed by atoms with van der Waals surface area (Å²) in [7, 11) is 0. The molecule has 0 radical (unpaired) electrons. The first-order valence-corrected chi connectivity index (χ1v) is 6.21. The Bertz CT molecular complexity index is 724. The SMILES string of the molecule is O=C(CCn1ccccc1=O)Nc1cccnc1C(=O)O. The van der Waals surface area contributed by atoms with E-state index in [1.165, 1.54) is 29.0 Å². The third-order valence-corrected chi connectivity index (χ3v) is 2.76. The minimum atomic E-state index is -1.22. The Hall–Kier alpha value is -2.96. The number of nitrogens with zero attached hydrogens (tertiary/aromatic N) is 2. The van der Waals surface area contributed by atoms with Gasteiger partial charge in [0.1, 0.15) is 0 Å². The van der Waals surface area contributed by atoms with E-state index in [-0.39, 0.29) is 35.8 Å². The van der Waals surface area contributed by atoms with E-state index in [4.69, 9.17) is 5.11 Å². The van der Waals surface area contributed by atoms with E-state index in [0.29, 0.717) is 0 Å². The molecule has 0 unspecified atom stereocenters.